The molecule has 3 heterocycles. The van der Waals surface area contributed by atoms with Crippen LogP contribution in [0.3, 0.4) is 0 Å². The van der Waals surface area contributed by atoms with E-state index in [4.69, 9.17) is 11.5 Å². The van der Waals surface area contributed by atoms with Gasteiger partial charge in [0.2, 0.25) is 5.95 Å². The molecule has 0 aliphatic carbocycles. The predicted octanol–water partition coefficient (Wildman–Crippen LogP) is 1.15. The molecular weight excluding hydrogens is 278 g/mol. The molecule has 0 bridgehead atoms. The Morgan fingerprint density at radius 3 is 2.86 bits per heavy atom. The standard InChI is InChI=1S/C15H15N7/c16-13-12-14(21-15(17)20-13)18-7-10(19-12)8-22-6-5-9-3-1-2-4-11(9)22/h1-4,7H,5-6,8H2,(H4,16,17,18,20,21). The van der Waals surface area contributed by atoms with Crippen molar-refractivity contribution in [3.05, 3.63) is 41.7 Å². The van der Waals surface area contributed by atoms with Gasteiger partial charge in [0.1, 0.15) is 0 Å². The first kappa shape index (κ1) is 12.8. The van der Waals surface area contributed by atoms with Crippen LogP contribution in [0.25, 0.3) is 11.2 Å². The number of nitrogens with two attached hydrogens (primary N) is 2. The lowest BCUT2D eigenvalue weighted by atomic mass is 10.2. The van der Waals surface area contributed by atoms with E-state index in [0.29, 0.717) is 17.7 Å². The molecule has 7 nitrogen and oxygen atoms in total. The second-order valence-corrected chi connectivity index (χ2v) is 5.30. The third kappa shape index (κ3) is 2.07. The Balaban J connectivity index is 1.68. The van der Waals surface area contributed by atoms with Crippen LogP contribution in [0.5, 0.6) is 0 Å². The molecule has 2 aromatic heterocycles. The van der Waals surface area contributed by atoms with Gasteiger partial charge in [-0.1, -0.05) is 18.2 Å². The Bertz CT molecular complexity index is 862. The molecule has 0 atom stereocenters. The number of hydrogen-bond donors (Lipinski definition) is 2. The van der Waals surface area contributed by atoms with Gasteiger partial charge in [-0.3, -0.25) is 0 Å². The van der Waals surface area contributed by atoms with Crippen molar-refractivity contribution in [2.24, 2.45) is 0 Å². The van der Waals surface area contributed by atoms with Gasteiger partial charge in [0.25, 0.3) is 0 Å². The van der Waals surface area contributed by atoms with Crippen molar-refractivity contribution in [1.82, 2.24) is 19.9 Å². The first-order chi connectivity index (χ1) is 10.7. The highest BCUT2D eigenvalue weighted by molar-refractivity contribution is 5.81. The molecule has 4 N–H and O–H groups in total. The van der Waals surface area contributed by atoms with Gasteiger partial charge in [-0.2, -0.15) is 9.97 Å². The lowest BCUT2D eigenvalue weighted by Gasteiger charge is -2.18. The minimum absolute atomic E-state index is 0.112. The Morgan fingerprint density at radius 1 is 1.09 bits per heavy atom. The van der Waals surface area contributed by atoms with Crippen LogP contribution >= 0.6 is 0 Å². The summed E-state index contributed by atoms with van der Waals surface area (Å²) in [6.07, 6.45) is 2.77. The maximum Gasteiger partial charge on any atom is 0.224 e. The van der Waals surface area contributed by atoms with Gasteiger partial charge in [-0.25, -0.2) is 9.97 Å². The highest BCUT2D eigenvalue weighted by atomic mass is 15.2. The van der Waals surface area contributed by atoms with Crippen molar-refractivity contribution in [2.45, 2.75) is 13.0 Å². The van der Waals surface area contributed by atoms with Crippen LogP contribution < -0.4 is 16.4 Å². The molecule has 1 aliphatic rings. The number of hydrogen-bond acceptors (Lipinski definition) is 7. The fourth-order valence-corrected chi connectivity index (χ4v) is 2.83. The van der Waals surface area contributed by atoms with Gasteiger partial charge >= 0.3 is 0 Å². The number of nitrogen functional groups attached to an aromatic ring is 2. The number of anilines is 3. The zero-order valence-corrected chi connectivity index (χ0v) is 11.9. The zero-order valence-electron chi connectivity index (χ0n) is 11.9. The van der Waals surface area contributed by atoms with E-state index in [1.165, 1.54) is 11.3 Å². The second-order valence-electron chi connectivity index (χ2n) is 5.30. The van der Waals surface area contributed by atoms with E-state index in [1.807, 2.05) is 0 Å². The van der Waals surface area contributed by atoms with Crippen LogP contribution in [0, 0.1) is 0 Å². The summed E-state index contributed by atoms with van der Waals surface area (Å²) >= 11 is 0. The SMILES string of the molecule is Nc1nc(N)c2nc(CN3CCc4ccccc43)cnc2n1. The van der Waals surface area contributed by atoms with Crippen molar-refractivity contribution in [3.8, 4) is 0 Å². The zero-order chi connectivity index (χ0) is 15.1. The number of fused-ring (bicyclic) bond motifs is 2. The Labute approximate surface area is 127 Å². The third-order valence-electron chi connectivity index (χ3n) is 3.84. The maximum atomic E-state index is 5.86. The second kappa shape index (κ2) is 4.80. The van der Waals surface area contributed by atoms with Gasteiger partial charge in [-0.05, 0) is 18.1 Å². The van der Waals surface area contributed by atoms with Crippen LogP contribution in [0.15, 0.2) is 30.5 Å². The lowest BCUT2D eigenvalue weighted by Crippen LogP contribution is -2.20. The normalized spacial score (nSPS) is 13.5. The van der Waals surface area contributed by atoms with Crippen LogP contribution in [-0.2, 0) is 13.0 Å². The molecule has 0 saturated heterocycles. The molecule has 22 heavy (non-hydrogen) atoms. The highest BCUT2D eigenvalue weighted by Crippen LogP contribution is 2.28. The summed E-state index contributed by atoms with van der Waals surface area (Å²) in [5.41, 5.74) is 15.8. The van der Waals surface area contributed by atoms with E-state index in [9.17, 15) is 0 Å². The van der Waals surface area contributed by atoms with Crippen molar-refractivity contribution in [1.29, 1.82) is 0 Å². The van der Waals surface area contributed by atoms with E-state index in [1.54, 1.807) is 6.20 Å². The Morgan fingerprint density at radius 2 is 1.95 bits per heavy atom. The Kier molecular flexibility index (Phi) is 2.78. The van der Waals surface area contributed by atoms with Gasteiger partial charge < -0.3 is 16.4 Å². The minimum atomic E-state index is 0.112. The molecule has 0 unspecified atom stereocenters. The predicted molar refractivity (Wildman–Crippen MR) is 85.1 cm³/mol. The van der Waals surface area contributed by atoms with Crippen molar-refractivity contribution in [2.75, 3.05) is 22.9 Å². The van der Waals surface area contributed by atoms with E-state index in [0.717, 1.165) is 18.7 Å². The van der Waals surface area contributed by atoms with E-state index in [2.05, 4.69) is 49.1 Å². The van der Waals surface area contributed by atoms with Crippen LogP contribution in [0.4, 0.5) is 17.5 Å². The first-order valence-corrected chi connectivity index (χ1v) is 7.08. The monoisotopic (exact) mass is 293 g/mol. The summed E-state index contributed by atoms with van der Waals surface area (Å²) in [4.78, 5) is 19.1. The third-order valence-corrected chi connectivity index (χ3v) is 3.84. The first-order valence-electron chi connectivity index (χ1n) is 7.08. The van der Waals surface area contributed by atoms with Crippen molar-refractivity contribution in [3.63, 3.8) is 0 Å². The fraction of sp³-hybridized carbons (Fsp3) is 0.200. The number of nitrogens with zero attached hydrogens (tertiary/aromatic N) is 5. The maximum absolute atomic E-state index is 5.86. The molecule has 0 saturated carbocycles. The lowest BCUT2D eigenvalue weighted by molar-refractivity contribution is 0.813. The molecule has 3 aromatic rings. The number of para-hydroxylation sites is 1. The molecule has 0 amide bonds. The van der Waals surface area contributed by atoms with Crippen LogP contribution in [0.1, 0.15) is 11.3 Å². The van der Waals surface area contributed by atoms with E-state index >= 15 is 0 Å². The average Bonchev–Trinajstić information content (AvgIpc) is 2.91. The Hall–Kier alpha value is -2.96. The molecule has 1 aromatic carbocycles. The number of aromatic nitrogens is 4. The minimum Gasteiger partial charge on any atom is -0.382 e. The molecule has 7 heteroatoms. The topological polar surface area (TPSA) is 107 Å². The largest absolute Gasteiger partial charge is 0.382 e. The number of rotatable bonds is 2. The number of benzene rings is 1. The summed E-state index contributed by atoms with van der Waals surface area (Å²) in [6, 6.07) is 8.42. The van der Waals surface area contributed by atoms with Gasteiger partial charge in [0.15, 0.2) is 17.0 Å². The highest BCUT2D eigenvalue weighted by Gasteiger charge is 2.19. The van der Waals surface area contributed by atoms with E-state index in [-0.39, 0.29) is 11.8 Å². The van der Waals surface area contributed by atoms with Gasteiger partial charge in [0.05, 0.1) is 18.4 Å². The van der Waals surface area contributed by atoms with Gasteiger partial charge in [-0.15, -0.1) is 0 Å². The fourth-order valence-electron chi connectivity index (χ4n) is 2.83. The summed E-state index contributed by atoms with van der Waals surface area (Å²) in [5.74, 6) is 0.374. The molecule has 0 fully saturated rings. The molecular formula is C15H15N7. The summed E-state index contributed by atoms with van der Waals surface area (Å²) in [7, 11) is 0. The van der Waals surface area contributed by atoms with Crippen LogP contribution in [0.2, 0.25) is 0 Å². The molecule has 0 radical (unpaired) electrons. The smallest absolute Gasteiger partial charge is 0.224 e. The molecule has 4 rings (SSSR count). The van der Waals surface area contributed by atoms with Crippen molar-refractivity contribution >= 4 is 28.6 Å². The summed E-state index contributed by atoms with van der Waals surface area (Å²) < 4.78 is 0. The summed E-state index contributed by atoms with van der Waals surface area (Å²) in [6.45, 7) is 1.66. The molecule has 110 valence electrons. The summed E-state index contributed by atoms with van der Waals surface area (Å²) in [5, 5.41) is 0. The molecule has 1 aliphatic heterocycles. The van der Waals surface area contributed by atoms with Gasteiger partial charge in [0, 0.05) is 12.2 Å². The van der Waals surface area contributed by atoms with Crippen LogP contribution in [-0.4, -0.2) is 26.5 Å². The quantitative estimate of drug-likeness (QED) is 0.729. The van der Waals surface area contributed by atoms with E-state index < -0.39 is 0 Å². The average molecular weight is 293 g/mol. The molecule has 0 spiro atoms. The van der Waals surface area contributed by atoms with Crippen molar-refractivity contribution < 1.29 is 0 Å².